The van der Waals surface area contributed by atoms with E-state index in [4.69, 9.17) is 16.3 Å². The highest BCUT2D eigenvalue weighted by molar-refractivity contribution is 6.20. The Bertz CT molecular complexity index is 203. The van der Waals surface area contributed by atoms with Gasteiger partial charge in [0.25, 0.3) is 0 Å². The molecular formula is C11H20ClNO2. The van der Waals surface area contributed by atoms with Crippen LogP contribution in [0.1, 0.15) is 39.5 Å². The minimum absolute atomic E-state index is 0.0134. The number of nitrogens with one attached hydrogen (secondary N) is 1. The maximum absolute atomic E-state index is 11.7. The van der Waals surface area contributed by atoms with Crippen molar-refractivity contribution in [3.05, 3.63) is 0 Å². The summed E-state index contributed by atoms with van der Waals surface area (Å²) >= 11 is 5.86. The first kappa shape index (κ1) is 12.8. The molecule has 0 aromatic carbocycles. The Morgan fingerprint density at radius 2 is 2.27 bits per heavy atom. The Balaban J connectivity index is 2.27. The van der Waals surface area contributed by atoms with Gasteiger partial charge in [-0.05, 0) is 39.5 Å². The van der Waals surface area contributed by atoms with Crippen molar-refractivity contribution in [3.8, 4) is 0 Å². The summed E-state index contributed by atoms with van der Waals surface area (Å²) in [5, 5.41) is 3.02. The van der Waals surface area contributed by atoms with Gasteiger partial charge in [-0.15, -0.1) is 11.6 Å². The lowest BCUT2D eigenvalue weighted by atomic mass is 10.1. The Kier molecular flexibility index (Phi) is 5.40. The fraction of sp³-hybridized carbons (Fsp3) is 0.909. The molecule has 1 heterocycles. The van der Waals surface area contributed by atoms with Crippen LogP contribution in [0, 0.1) is 0 Å². The predicted octanol–water partition coefficient (Wildman–Crippen LogP) is 2.08. The molecule has 1 amide bonds. The molecule has 1 aliphatic heterocycles. The molecule has 1 N–H and O–H groups in total. The number of rotatable bonds is 4. The summed E-state index contributed by atoms with van der Waals surface area (Å²) in [6.45, 7) is 4.61. The van der Waals surface area contributed by atoms with Crippen molar-refractivity contribution in [2.45, 2.75) is 57.1 Å². The first-order valence-electron chi connectivity index (χ1n) is 5.65. The van der Waals surface area contributed by atoms with E-state index in [1.165, 1.54) is 0 Å². The van der Waals surface area contributed by atoms with E-state index in [-0.39, 0.29) is 23.4 Å². The predicted molar refractivity (Wildman–Crippen MR) is 61.1 cm³/mol. The molecule has 0 aromatic rings. The van der Waals surface area contributed by atoms with E-state index >= 15 is 0 Å². The fourth-order valence-electron chi connectivity index (χ4n) is 1.83. The van der Waals surface area contributed by atoms with E-state index < -0.39 is 0 Å². The molecule has 88 valence electrons. The van der Waals surface area contributed by atoms with Crippen molar-refractivity contribution in [2.75, 3.05) is 6.61 Å². The SMILES string of the molecule is CC(Cl)CC(C)NC(=O)C1CCCCO1. The molecule has 0 saturated carbocycles. The monoisotopic (exact) mass is 233 g/mol. The van der Waals surface area contributed by atoms with Crippen LogP contribution >= 0.6 is 11.6 Å². The van der Waals surface area contributed by atoms with Crippen LogP contribution in [0.2, 0.25) is 0 Å². The van der Waals surface area contributed by atoms with Crippen LogP contribution in [0.5, 0.6) is 0 Å². The molecule has 1 fully saturated rings. The molecule has 0 aliphatic carbocycles. The summed E-state index contributed by atoms with van der Waals surface area (Å²) in [4.78, 5) is 11.7. The van der Waals surface area contributed by atoms with Crippen molar-refractivity contribution >= 4 is 17.5 Å². The molecule has 0 aromatic heterocycles. The third kappa shape index (κ3) is 4.85. The van der Waals surface area contributed by atoms with E-state index in [1.807, 2.05) is 13.8 Å². The first-order valence-corrected chi connectivity index (χ1v) is 6.09. The highest BCUT2D eigenvalue weighted by Crippen LogP contribution is 2.13. The lowest BCUT2D eigenvalue weighted by molar-refractivity contribution is -0.136. The summed E-state index contributed by atoms with van der Waals surface area (Å²) in [6.07, 6.45) is 3.54. The number of ether oxygens (including phenoxy) is 1. The topological polar surface area (TPSA) is 38.3 Å². The number of alkyl halides is 1. The van der Waals surface area contributed by atoms with Crippen LogP contribution in [-0.4, -0.2) is 30.0 Å². The van der Waals surface area contributed by atoms with Crippen LogP contribution in [-0.2, 0) is 9.53 Å². The van der Waals surface area contributed by atoms with Crippen molar-refractivity contribution in [2.24, 2.45) is 0 Å². The third-order valence-corrected chi connectivity index (χ3v) is 2.72. The molecule has 3 unspecified atom stereocenters. The van der Waals surface area contributed by atoms with Crippen LogP contribution in [0.15, 0.2) is 0 Å². The second-order valence-electron chi connectivity index (χ2n) is 4.28. The van der Waals surface area contributed by atoms with E-state index in [0.717, 1.165) is 25.7 Å². The standard InChI is InChI=1S/C11H20ClNO2/c1-8(12)7-9(2)13-11(14)10-5-3-4-6-15-10/h8-10H,3-7H2,1-2H3,(H,13,14). The van der Waals surface area contributed by atoms with E-state index in [9.17, 15) is 4.79 Å². The van der Waals surface area contributed by atoms with Gasteiger partial charge in [-0.2, -0.15) is 0 Å². The lowest BCUT2D eigenvalue weighted by Crippen LogP contribution is -2.43. The van der Waals surface area contributed by atoms with Crippen molar-refractivity contribution in [3.63, 3.8) is 0 Å². The number of hydrogen-bond donors (Lipinski definition) is 1. The third-order valence-electron chi connectivity index (χ3n) is 2.54. The van der Waals surface area contributed by atoms with Crippen LogP contribution in [0.3, 0.4) is 0 Å². The van der Waals surface area contributed by atoms with Gasteiger partial charge in [-0.25, -0.2) is 0 Å². The number of carbonyl (C=O) groups is 1. The van der Waals surface area contributed by atoms with Crippen LogP contribution in [0.25, 0.3) is 0 Å². The van der Waals surface area contributed by atoms with Crippen molar-refractivity contribution in [1.29, 1.82) is 0 Å². The summed E-state index contributed by atoms with van der Waals surface area (Å²) in [6, 6.07) is 0.121. The highest BCUT2D eigenvalue weighted by atomic mass is 35.5. The molecule has 1 aliphatic rings. The van der Waals surface area contributed by atoms with Gasteiger partial charge in [-0.1, -0.05) is 0 Å². The average molecular weight is 234 g/mol. The molecule has 15 heavy (non-hydrogen) atoms. The van der Waals surface area contributed by atoms with Crippen molar-refractivity contribution in [1.82, 2.24) is 5.32 Å². The van der Waals surface area contributed by atoms with Gasteiger partial charge >= 0.3 is 0 Å². The molecular weight excluding hydrogens is 214 g/mol. The Morgan fingerprint density at radius 3 is 2.80 bits per heavy atom. The minimum atomic E-state index is -0.244. The summed E-state index contributed by atoms with van der Waals surface area (Å²) in [7, 11) is 0. The largest absolute Gasteiger partial charge is 0.368 e. The quantitative estimate of drug-likeness (QED) is 0.755. The number of carbonyl (C=O) groups excluding carboxylic acids is 1. The van der Waals surface area contributed by atoms with Gasteiger partial charge in [0.05, 0.1) is 0 Å². The first-order chi connectivity index (χ1) is 7.09. The minimum Gasteiger partial charge on any atom is -0.368 e. The van der Waals surface area contributed by atoms with Gasteiger partial charge in [0, 0.05) is 18.0 Å². The number of amides is 1. The van der Waals surface area contributed by atoms with Gasteiger partial charge in [-0.3, -0.25) is 4.79 Å². The summed E-state index contributed by atoms with van der Waals surface area (Å²) in [5.74, 6) is 0.0134. The summed E-state index contributed by atoms with van der Waals surface area (Å²) < 4.78 is 5.40. The lowest BCUT2D eigenvalue weighted by Gasteiger charge is -2.24. The zero-order valence-electron chi connectivity index (χ0n) is 9.46. The molecule has 4 heteroatoms. The van der Waals surface area contributed by atoms with E-state index in [2.05, 4.69) is 5.32 Å². The molecule has 3 nitrogen and oxygen atoms in total. The maximum Gasteiger partial charge on any atom is 0.249 e. The second kappa shape index (κ2) is 6.33. The molecule has 1 rings (SSSR count). The fourth-order valence-corrected chi connectivity index (χ4v) is 2.10. The zero-order chi connectivity index (χ0) is 11.3. The molecule has 0 spiro atoms. The Labute approximate surface area is 96.5 Å². The smallest absolute Gasteiger partial charge is 0.249 e. The molecule has 0 bridgehead atoms. The Morgan fingerprint density at radius 1 is 1.53 bits per heavy atom. The zero-order valence-corrected chi connectivity index (χ0v) is 10.2. The van der Waals surface area contributed by atoms with E-state index in [0.29, 0.717) is 6.61 Å². The van der Waals surface area contributed by atoms with Gasteiger partial charge in [0.1, 0.15) is 6.10 Å². The average Bonchev–Trinajstić information content (AvgIpc) is 2.17. The van der Waals surface area contributed by atoms with Gasteiger partial charge in [0.2, 0.25) is 5.91 Å². The van der Waals surface area contributed by atoms with Gasteiger partial charge < -0.3 is 10.1 Å². The molecule has 3 atom stereocenters. The Hall–Kier alpha value is -0.280. The number of halogens is 1. The maximum atomic E-state index is 11.7. The summed E-state index contributed by atoms with van der Waals surface area (Å²) in [5.41, 5.74) is 0. The second-order valence-corrected chi connectivity index (χ2v) is 5.03. The highest BCUT2D eigenvalue weighted by Gasteiger charge is 2.23. The van der Waals surface area contributed by atoms with Crippen molar-refractivity contribution < 1.29 is 9.53 Å². The normalized spacial score (nSPS) is 25.7. The number of hydrogen-bond acceptors (Lipinski definition) is 2. The van der Waals surface area contributed by atoms with Crippen LogP contribution < -0.4 is 5.32 Å². The van der Waals surface area contributed by atoms with E-state index in [1.54, 1.807) is 0 Å². The molecule has 1 saturated heterocycles. The van der Waals surface area contributed by atoms with Crippen LogP contribution in [0.4, 0.5) is 0 Å². The molecule has 0 radical (unpaired) electrons. The van der Waals surface area contributed by atoms with Gasteiger partial charge in [0.15, 0.2) is 0 Å².